The highest BCUT2D eigenvalue weighted by atomic mass is 32.1. The maximum absolute atomic E-state index is 5.75. The first-order valence-corrected chi connectivity index (χ1v) is 7.05. The van der Waals surface area contributed by atoms with Crippen molar-refractivity contribution >= 4 is 16.5 Å². The Kier molecular flexibility index (Phi) is 3.06. The molecule has 4 heteroatoms. The molecule has 0 saturated carbocycles. The summed E-state index contributed by atoms with van der Waals surface area (Å²) in [7, 11) is 0. The van der Waals surface area contributed by atoms with Crippen LogP contribution < -0.4 is 5.73 Å². The van der Waals surface area contributed by atoms with E-state index >= 15 is 0 Å². The number of benzene rings is 1. The maximum atomic E-state index is 5.75. The van der Waals surface area contributed by atoms with Crippen molar-refractivity contribution in [1.82, 2.24) is 9.88 Å². The fourth-order valence-electron chi connectivity index (χ4n) is 2.49. The van der Waals surface area contributed by atoms with Gasteiger partial charge in [0.2, 0.25) is 0 Å². The van der Waals surface area contributed by atoms with E-state index in [-0.39, 0.29) is 0 Å². The van der Waals surface area contributed by atoms with Crippen molar-refractivity contribution in [2.24, 2.45) is 0 Å². The fourth-order valence-corrected chi connectivity index (χ4v) is 3.36. The van der Waals surface area contributed by atoms with E-state index in [0.29, 0.717) is 5.13 Å². The van der Waals surface area contributed by atoms with E-state index in [1.165, 1.54) is 16.0 Å². The molecule has 0 spiro atoms. The summed E-state index contributed by atoms with van der Waals surface area (Å²) in [6.07, 6.45) is 1.14. The number of rotatable bonds is 2. The number of hydrogen-bond donors (Lipinski definition) is 1. The summed E-state index contributed by atoms with van der Waals surface area (Å²) in [6, 6.07) is 8.72. The molecule has 3 nitrogen and oxygen atoms in total. The molecule has 2 heterocycles. The Balaban J connectivity index is 1.75. The Morgan fingerprint density at radius 2 is 2.11 bits per heavy atom. The predicted octanol–water partition coefficient (Wildman–Crippen LogP) is 2.59. The van der Waals surface area contributed by atoms with Crippen molar-refractivity contribution in [2.45, 2.75) is 26.4 Å². The quantitative estimate of drug-likeness (QED) is 0.901. The summed E-state index contributed by atoms with van der Waals surface area (Å²) in [5.41, 5.74) is 9.78. The maximum Gasteiger partial charge on any atom is 0.180 e. The smallest absolute Gasteiger partial charge is 0.180 e. The van der Waals surface area contributed by atoms with Gasteiger partial charge in [0.25, 0.3) is 0 Å². The predicted molar refractivity (Wildman–Crippen MR) is 75.5 cm³/mol. The first-order chi connectivity index (χ1) is 8.72. The second-order valence-corrected chi connectivity index (χ2v) is 5.91. The molecule has 1 aliphatic heterocycles. The molecule has 1 aromatic heterocycles. The third-order valence-electron chi connectivity index (χ3n) is 3.49. The number of aromatic nitrogens is 1. The normalized spacial score (nSPS) is 15.6. The molecule has 18 heavy (non-hydrogen) atoms. The van der Waals surface area contributed by atoms with Crippen molar-refractivity contribution < 1.29 is 0 Å². The number of hydrogen-bond acceptors (Lipinski definition) is 4. The van der Waals surface area contributed by atoms with Crippen LogP contribution in [0.15, 0.2) is 24.3 Å². The van der Waals surface area contributed by atoms with Gasteiger partial charge >= 0.3 is 0 Å². The minimum atomic E-state index is 0.680. The van der Waals surface area contributed by atoms with Crippen LogP contribution in [0.2, 0.25) is 0 Å². The van der Waals surface area contributed by atoms with Crippen LogP contribution in [0, 0.1) is 6.92 Å². The Bertz CT molecular complexity index is 562. The first kappa shape index (κ1) is 11.7. The van der Waals surface area contributed by atoms with Gasteiger partial charge in [-0.1, -0.05) is 24.3 Å². The first-order valence-electron chi connectivity index (χ1n) is 6.23. The van der Waals surface area contributed by atoms with Crippen molar-refractivity contribution in [3.63, 3.8) is 0 Å². The van der Waals surface area contributed by atoms with Crippen LogP contribution >= 0.6 is 11.3 Å². The molecule has 0 amide bonds. The highest BCUT2D eigenvalue weighted by Crippen LogP contribution is 2.25. The number of nitrogens with two attached hydrogens (primary N) is 1. The lowest BCUT2D eigenvalue weighted by atomic mass is 10.00. The van der Waals surface area contributed by atoms with Gasteiger partial charge in [-0.3, -0.25) is 4.90 Å². The topological polar surface area (TPSA) is 42.1 Å². The van der Waals surface area contributed by atoms with E-state index in [2.05, 4.69) is 34.1 Å². The van der Waals surface area contributed by atoms with Crippen LogP contribution in [-0.4, -0.2) is 16.4 Å². The molecular weight excluding hydrogens is 242 g/mol. The molecule has 0 radical (unpaired) electrons. The second-order valence-electron chi connectivity index (χ2n) is 4.79. The lowest BCUT2D eigenvalue weighted by Gasteiger charge is -2.28. The Hall–Kier alpha value is -1.39. The highest BCUT2D eigenvalue weighted by molar-refractivity contribution is 7.15. The Morgan fingerprint density at radius 3 is 2.83 bits per heavy atom. The molecule has 2 aromatic rings. The monoisotopic (exact) mass is 259 g/mol. The number of fused-ring (bicyclic) bond motifs is 1. The summed E-state index contributed by atoms with van der Waals surface area (Å²) >= 11 is 1.61. The Labute approximate surface area is 111 Å². The molecule has 1 aromatic carbocycles. The summed E-state index contributed by atoms with van der Waals surface area (Å²) in [4.78, 5) is 8.06. The molecule has 0 saturated heterocycles. The largest absolute Gasteiger partial charge is 0.375 e. The molecule has 0 atom stereocenters. The highest BCUT2D eigenvalue weighted by Gasteiger charge is 2.17. The zero-order chi connectivity index (χ0) is 12.5. The van der Waals surface area contributed by atoms with Crippen molar-refractivity contribution in [1.29, 1.82) is 0 Å². The van der Waals surface area contributed by atoms with Crippen LogP contribution in [-0.2, 0) is 19.5 Å². The van der Waals surface area contributed by atoms with E-state index in [0.717, 1.165) is 31.7 Å². The van der Waals surface area contributed by atoms with Crippen LogP contribution in [0.1, 0.15) is 21.7 Å². The lowest BCUT2D eigenvalue weighted by molar-refractivity contribution is 0.247. The molecule has 0 fully saturated rings. The van der Waals surface area contributed by atoms with E-state index in [9.17, 15) is 0 Å². The van der Waals surface area contributed by atoms with Gasteiger partial charge in [-0.15, -0.1) is 11.3 Å². The van der Waals surface area contributed by atoms with E-state index in [1.807, 2.05) is 6.92 Å². The van der Waals surface area contributed by atoms with Crippen molar-refractivity contribution in [3.8, 4) is 0 Å². The molecule has 94 valence electrons. The standard InChI is InChI=1S/C14H17N3S/c1-10-13(18-14(15)16-10)9-17-7-6-11-4-2-3-5-12(11)8-17/h2-5H,6-9H2,1H3,(H2,15,16). The van der Waals surface area contributed by atoms with Crippen molar-refractivity contribution in [2.75, 3.05) is 12.3 Å². The van der Waals surface area contributed by atoms with Crippen LogP contribution in [0.4, 0.5) is 5.13 Å². The molecule has 1 aliphatic rings. The van der Waals surface area contributed by atoms with Gasteiger partial charge in [-0.05, 0) is 24.5 Å². The van der Waals surface area contributed by atoms with Crippen LogP contribution in [0.5, 0.6) is 0 Å². The SMILES string of the molecule is Cc1nc(N)sc1CN1CCc2ccccc2C1. The summed E-state index contributed by atoms with van der Waals surface area (Å²) in [5.74, 6) is 0. The molecule has 0 bridgehead atoms. The van der Waals surface area contributed by atoms with Gasteiger partial charge in [0.05, 0.1) is 5.69 Å². The Morgan fingerprint density at radius 1 is 1.33 bits per heavy atom. The third-order valence-corrected chi connectivity index (χ3v) is 4.46. The zero-order valence-electron chi connectivity index (χ0n) is 10.5. The minimum absolute atomic E-state index is 0.680. The zero-order valence-corrected chi connectivity index (χ0v) is 11.3. The average Bonchev–Trinajstić information content (AvgIpc) is 2.68. The van der Waals surface area contributed by atoms with Gasteiger partial charge < -0.3 is 5.73 Å². The van der Waals surface area contributed by atoms with Gasteiger partial charge in [-0.25, -0.2) is 4.98 Å². The number of thiazole rings is 1. The molecule has 0 aliphatic carbocycles. The summed E-state index contributed by atoms with van der Waals surface area (Å²) in [6.45, 7) is 5.16. The molecule has 2 N–H and O–H groups in total. The number of nitrogens with zero attached hydrogens (tertiary/aromatic N) is 2. The number of anilines is 1. The van der Waals surface area contributed by atoms with Crippen LogP contribution in [0.3, 0.4) is 0 Å². The van der Waals surface area contributed by atoms with Gasteiger partial charge in [-0.2, -0.15) is 0 Å². The number of nitrogen functional groups attached to an aromatic ring is 1. The lowest BCUT2D eigenvalue weighted by Crippen LogP contribution is -2.29. The van der Waals surface area contributed by atoms with Gasteiger partial charge in [0.15, 0.2) is 5.13 Å². The summed E-state index contributed by atoms with van der Waals surface area (Å²) in [5, 5.41) is 0.680. The van der Waals surface area contributed by atoms with Crippen LogP contribution in [0.25, 0.3) is 0 Å². The fraction of sp³-hybridized carbons (Fsp3) is 0.357. The van der Waals surface area contributed by atoms with E-state index in [4.69, 9.17) is 5.73 Å². The van der Waals surface area contributed by atoms with E-state index < -0.39 is 0 Å². The molecule has 3 rings (SSSR count). The van der Waals surface area contributed by atoms with E-state index in [1.54, 1.807) is 11.3 Å². The molecule has 0 unspecified atom stereocenters. The third kappa shape index (κ3) is 2.26. The second kappa shape index (κ2) is 4.71. The minimum Gasteiger partial charge on any atom is -0.375 e. The number of aryl methyl sites for hydroxylation is 1. The molecular formula is C14H17N3S. The van der Waals surface area contributed by atoms with Gasteiger partial charge in [0.1, 0.15) is 0 Å². The summed E-state index contributed by atoms with van der Waals surface area (Å²) < 4.78 is 0. The van der Waals surface area contributed by atoms with Crippen molar-refractivity contribution in [3.05, 3.63) is 46.0 Å². The van der Waals surface area contributed by atoms with Gasteiger partial charge in [0, 0.05) is 24.5 Å². The average molecular weight is 259 g/mol.